The first-order valence-electron chi connectivity index (χ1n) is 2.73. The van der Waals surface area contributed by atoms with E-state index in [0.29, 0.717) is 5.78 Å². The highest BCUT2D eigenvalue weighted by Gasteiger charge is 2.07. The maximum absolute atomic E-state index is 10.4. The first-order valence-corrected chi connectivity index (χ1v) is 2.73. The predicted molar refractivity (Wildman–Crippen MR) is 29.6 cm³/mol. The molecule has 1 aliphatic heterocycles. The molecule has 0 spiro atoms. The molecule has 1 heterocycles. The quantitative estimate of drug-likeness (QED) is 0.408. The Morgan fingerprint density at radius 1 is 1.29 bits per heavy atom. The highest BCUT2D eigenvalue weighted by molar-refractivity contribution is 6.37. The molecule has 0 aromatic carbocycles. The van der Waals surface area contributed by atoms with Crippen molar-refractivity contribution in [3.8, 4) is 0 Å². The molecule has 1 radical (unpaired) electrons. The molecule has 1 fully saturated rings. The molecule has 0 aliphatic carbocycles. The summed E-state index contributed by atoms with van der Waals surface area (Å²) in [6, 6.07) is 0. The van der Waals surface area contributed by atoms with Crippen molar-refractivity contribution in [2.75, 3.05) is 0 Å². The summed E-state index contributed by atoms with van der Waals surface area (Å²) in [5, 5.41) is 0. The van der Waals surface area contributed by atoms with Gasteiger partial charge in [-0.1, -0.05) is 12.6 Å². The van der Waals surface area contributed by atoms with Crippen LogP contribution in [0.1, 0.15) is 12.8 Å². The van der Waals surface area contributed by atoms with Crippen LogP contribution in [0, 0.1) is 0 Å². The van der Waals surface area contributed by atoms with Crippen LogP contribution in [-0.2, 0) is 4.79 Å². The van der Waals surface area contributed by atoms with E-state index >= 15 is 0 Å². The SMILES string of the molecule is O=C1CC[B]CC1. The van der Waals surface area contributed by atoms with Crippen molar-refractivity contribution in [3.63, 3.8) is 0 Å². The zero-order valence-corrected chi connectivity index (χ0v) is 4.31. The molecule has 37 valence electrons. The predicted octanol–water partition coefficient (Wildman–Crippen LogP) is 0.890. The van der Waals surface area contributed by atoms with Crippen LogP contribution in [0.3, 0.4) is 0 Å². The van der Waals surface area contributed by atoms with Crippen molar-refractivity contribution in [3.05, 3.63) is 0 Å². The van der Waals surface area contributed by atoms with Crippen molar-refractivity contribution < 1.29 is 4.79 Å². The van der Waals surface area contributed by atoms with Crippen LogP contribution >= 0.6 is 0 Å². The number of ketones is 1. The minimum Gasteiger partial charge on any atom is -0.300 e. The molecule has 1 nitrogen and oxygen atoms in total. The first-order chi connectivity index (χ1) is 3.39. The molecule has 0 aromatic rings. The zero-order chi connectivity index (χ0) is 5.11. The number of carbonyl (C=O) groups excluding carboxylic acids is 1. The average Bonchev–Trinajstić information content (AvgIpc) is 1.69. The number of hydrogen-bond acceptors (Lipinski definition) is 1. The molecule has 0 saturated carbocycles. The molecule has 7 heavy (non-hydrogen) atoms. The van der Waals surface area contributed by atoms with Crippen LogP contribution in [-0.4, -0.2) is 13.1 Å². The van der Waals surface area contributed by atoms with Crippen LogP contribution in [0.2, 0.25) is 12.6 Å². The van der Waals surface area contributed by atoms with E-state index in [4.69, 9.17) is 0 Å². The summed E-state index contributed by atoms with van der Waals surface area (Å²) >= 11 is 0. The van der Waals surface area contributed by atoms with Gasteiger partial charge in [0.2, 0.25) is 0 Å². The standard InChI is InChI=1S/C5H8BO/c7-5-1-3-6-4-2-5/h1-4H2. The summed E-state index contributed by atoms with van der Waals surface area (Å²) in [6.07, 6.45) is 3.61. The second-order valence-corrected chi connectivity index (χ2v) is 1.90. The lowest BCUT2D eigenvalue weighted by molar-refractivity contribution is -0.118. The van der Waals surface area contributed by atoms with E-state index in [2.05, 4.69) is 7.28 Å². The maximum atomic E-state index is 10.4. The molecule has 0 N–H and O–H groups in total. The van der Waals surface area contributed by atoms with Crippen molar-refractivity contribution in [1.29, 1.82) is 0 Å². The summed E-state index contributed by atoms with van der Waals surface area (Å²) in [5.41, 5.74) is 0. The van der Waals surface area contributed by atoms with Crippen LogP contribution in [0.4, 0.5) is 0 Å². The van der Waals surface area contributed by atoms with Crippen LogP contribution in [0.25, 0.3) is 0 Å². The molecule has 0 atom stereocenters. The fraction of sp³-hybridized carbons (Fsp3) is 0.800. The molecule has 1 rings (SSSR count). The van der Waals surface area contributed by atoms with Crippen molar-refractivity contribution >= 4 is 13.1 Å². The Morgan fingerprint density at radius 2 is 1.86 bits per heavy atom. The average molecular weight is 94.9 g/mol. The molecule has 0 amide bonds. The Hall–Kier alpha value is -0.265. The summed E-state index contributed by atoms with van der Waals surface area (Å²) in [7, 11) is 2.18. The van der Waals surface area contributed by atoms with E-state index < -0.39 is 0 Å². The summed E-state index contributed by atoms with van der Waals surface area (Å²) in [4.78, 5) is 10.4. The fourth-order valence-corrected chi connectivity index (χ4v) is 0.795. The van der Waals surface area contributed by atoms with Crippen LogP contribution < -0.4 is 0 Å². The first kappa shape index (κ1) is 4.88. The minimum atomic E-state index is 0.433. The molecular weight excluding hydrogens is 86.9 g/mol. The fourth-order valence-electron chi connectivity index (χ4n) is 0.795. The zero-order valence-electron chi connectivity index (χ0n) is 4.31. The molecule has 2 heteroatoms. The highest BCUT2D eigenvalue weighted by atomic mass is 16.1. The lowest BCUT2D eigenvalue weighted by Crippen LogP contribution is -2.07. The van der Waals surface area contributed by atoms with Gasteiger partial charge in [-0.15, -0.1) is 0 Å². The Morgan fingerprint density at radius 3 is 2.14 bits per heavy atom. The lowest BCUT2D eigenvalue weighted by atomic mass is 9.64. The van der Waals surface area contributed by atoms with Crippen LogP contribution in [0.15, 0.2) is 0 Å². The Labute approximate surface area is 44.3 Å². The molecule has 0 aromatic heterocycles. The number of carbonyl (C=O) groups is 1. The van der Waals surface area contributed by atoms with Gasteiger partial charge < -0.3 is 0 Å². The third-order valence-electron chi connectivity index (χ3n) is 1.25. The van der Waals surface area contributed by atoms with E-state index in [1.807, 2.05) is 0 Å². The van der Waals surface area contributed by atoms with Gasteiger partial charge in [0.1, 0.15) is 13.1 Å². The van der Waals surface area contributed by atoms with E-state index in [1.54, 1.807) is 0 Å². The van der Waals surface area contributed by atoms with E-state index in [9.17, 15) is 4.79 Å². The van der Waals surface area contributed by atoms with Gasteiger partial charge in [0.15, 0.2) is 0 Å². The van der Waals surface area contributed by atoms with Gasteiger partial charge in [-0.2, -0.15) is 0 Å². The second kappa shape index (κ2) is 2.15. The Bertz CT molecular complexity index is 72.1. The number of hydrogen-bond donors (Lipinski definition) is 0. The molecular formula is C5H8BO. The van der Waals surface area contributed by atoms with Gasteiger partial charge in [-0.25, -0.2) is 0 Å². The molecule has 0 bridgehead atoms. The lowest BCUT2D eigenvalue weighted by Gasteiger charge is -2.03. The highest BCUT2D eigenvalue weighted by Crippen LogP contribution is 2.07. The molecule has 1 aliphatic rings. The minimum absolute atomic E-state index is 0.433. The third kappa shape index (κ3) is 1.34. The van der Waals surface area contributed by atoms with Crippen LogP contribution in [0.5, 0.6) is 0 Å². The monoisotopic (exact) mass is 95.1 g/mol. The summed E-state index contributed by atoms with van der Waals surface area (Å²) < 4.78 is 0. The van der Waals surface area contributed by atoms with E-state index in [1.165, 1.54) is 0 Å². The molecule has 1 saturated heterocycles. The smallest absolute Gasteiger partial charge is 0.131 e. The van der Waals surface area contributed by atoms with Crippen molar-refractivity contribution in [2.24, 2.45) is 0 Å². The Balaban J connectivity index is 2.25. The third-order valence-corrected chi connectivity index (χ3v) is 1.25. The van der Waals surface area contributed by atoms with E-state index in [-0.39, 0.29) is 0 Å². The molecule has 0 unspecified atom stereocenters. The topological polar surface area (TPSA) is 17.1 Å². The number of rotatable bonds is 0. The second-order valence-electron chi connectivity index (χ2n) is 1.90. The summed E-state index contributed by atoms with van der Waals surface area (Å²) in [6.45, 7) is 0. The van der Waals surface area contributed by atoms with E-state index in [0.717, 1.165) is 25.5 Å². The largest absolute Gasteiger partial charge is 0.300 e. The van der Waals surface area contributed by atoms with Crippen molar-refractivity contribution in [2.45, 2.75) is 25.5 Å². The normalized spacial score (nSPS) is 21.4. The van der Waals surface area contributed by atoms with Gasteiger partial charge in [-0.05, 0) is 12.8 Å². The number of Topliss-reactive ketones (excluding diaryl/α,β-unsaturated/α-hetero) is 1. The maximum Gasteiger partial charge on any atom is 0.131 e. The van der Waals surface area contributed by atoms with Gasteiger partial charge in [0.25, 0.3) is 0 Å². The van der Waals surface area contributed by atoms with Gasteiger partial charge >= 0.3 is 0 Å². The summed E-state index contributed by atoms with van der Waals surface area (Å²) in [5.74, 6) is 0.433. The van der Waals surface area contributed by atoms with Gasteiger partial charge in [0.05, 0.1) is 0 Å². The van der Waals surface area contributed by atoms with Crippen molar-refractivity contribution in [1.82, 2.24) is 0 Å². The van der Waals surface area contributed by atoms with Gasteiger partial charge in [0, 0.05) is 0 Å². The Kier molecular flexibility index (Phi) is 1.50. The van der Waals surface area contributed by atoms with Gasteiger partial charge in [-0.3, -0.25) is 4.79 Å².